The van der Waals surface area contributed by atoms with Crippen LogP contribution in [0.25, 0.3) is 0 Å². The van der Waals surface area contributed by atoms with Crippen molar-refractivity contribution in [1.82, 2.24) is 10.2 Å². The summed E-state index contributed by atoms with van der Waals surface area (Å²) in [6, 6.07) is 6.13. The van der Waals surface area contributed by atoms with E-state index in [4.69, 9.17) is 0 Å². The van der Waals surface area contributed by atoms with Crippen molar-refractivity contribution in [1.29, 1.82) is 0 Å². The fraction of sp³-hybridized carbons (Fsp3) is 0.571. The van der Waals surface area contributed by atoms with Crippen LogP contribution in [0.3, 0.4) is 0 Å². The molecule has 0 amide bonds. The second-order valence-corrected chi connectivity index (χ2v) is 5.05. The van der Waals surface area contributed by atoms with Gasteiger partial charge in [-0.25, -0.2) is 4.39 Å². The van der Waals surface area contributed by atoms with Gasteiger partial charge in [0.15, 0.2) is 0 Å². The van der Waals surface area contributed by atoms with E-state index in [0.717, 1.165) is 31.2 Å². The second-order valence-electron chi connectivity index (χ2n) is 5.05. The second kappa shape index (κ2) is 5.61. The van der Waals surface area contributed by atoms with Crippen molar-refractivity contribution >= 4 is 0 Å². The van der Waals surface area contributed by atoms with Crippen molar-refractivity contribution in [3.63, 3.8) is 0 Å². The Morgan fingerprint density at radius 2 is 2.18 bits per heavy atom. The van der Waals surface area contributed by atoms with E-state index in [1.54, 1.807) is 6.07 Å². The number of halogens is 1. The maximum absolute atomic E-state index is 13.1. The standard InChI is InChI=1S/C14H21FN2/c1-11-9-12(3-6-14(11)15)10-17(2)8-7-16-13-4-5-13/h3,6,9,13,16H,4-5,7-8,10H2,1-2H3. The summed E-state index contributed by atoms with van der Waals surface area (Å²) >= 11 is 0. The molecule has 0 radical (unpaired) electrons. The normalized spacial score (nSPS) is 15.5. The lowest BCUT2D eigenvalue weighted by molar-refractivity contribution is 0.324. The lowest BCUT2D eigenvalue weighted by Gasteiger charge is -2.17. The molecule has 1 aromatic rings. The molecule has 2 rings (SSSR count). The molecule has 0 unspecified atom stereocenters. The summed E-state index contributed by atoms with van der Waals surface area (Å²) in [4.78, 5) is 2.27. The minimum Gasteiger partial charge on any atom is -0.313 e. The van der Waals surface area contributed by atoms with Gasteiger partial charge in [0.2, 0.25) is 0 Å². The highest BCUT2D eigenvalue weighted by atomic mass is 19.1. The fourth-order valence-corrected chi connectivity index (χ4v) is 1.94. The molecule has 17 heavy (non-hydrogen) atoms. The van der Waals surface area contributed by atoms with Crippen LogP contribution in [-0.2, 0) is 6.54 Å². The smallest absolute Gasteiger partial charge is 0.126 e. The van der Waals surface area contributed by atoms with Crippen LogP contribution in [0.1, 0.15) is 24.0 Å². The summed E-state index contributed by atoms with van der Waals surface area (Å²) in [6.07, 6.45) is 2.67. The van der Waals surface area contributed by atoms with Gasteiger partial charge >= 0.3 is 0 Å². The molecule has 1 saturated carbocycles. The highest BCUT2D eigenvalue weighted by Crippen LogP contribution is 2.18. The number of rotatable bonds is 6. The van der Waals surface area contributed by atoms with Crippen LogP contribution < -0.4 is 5.32 Å². The molecule has 0 aliphatic heterocycles. The molecule has 0 saturated heterocycles. The lowest BCUT2D eigenvalue weighted by Crippen LogP contribution is -2.30. The summed E-state index contributed by atoms with van der Waals surface area (Å²) < 4.78 is 13.1. The van der Waals surface area contributed by atoms with Gasteiger partial charge in [-0.15, -0.1) is 0 Å². The molecule has 94 valence electrons. The van der Waals surface area contributed by atoms with Crippen LogP contribution in [0.2, 0.25) is 0 Å². The van der Waals surface area contributed by atoms with Gasteiger partial charge < -0.3 is 10.2 Å². The summed E-state index contributed by atoms with van der Waals surface area (Å²) in [5.41, 5.74) is 1.91. The van der Waals surface area contributed by atoms with Gasteiger partial charge in [0.05, 0.1) is 0 Å². The third-order valence-corrected chi connectivity index (χ3v) is 3.18. The minimum atomic E-state index is -0.119. The van der Waals surface area contributed by atoms with Crippen LogP contribution >= 0.6 is 0 Å². The highest BCUT2D eigenvalue weighted by Gasteiger charge is 2.19. The third kappa shape index (κ3) is 4.10. The van der Waals surface area contributed by atoms with E-state index >= 15 is 0 Å². The predicted octanol–water partition coefficient (Wildman–Crippen LogP) is 2.32. The molecule has 0 aromatic heterocycles. The number of benzene rings is 1. The number of likely N-dealkylation sites (N-methyl/N-ethyl adjacent to an activating group) is 1. The zero-order valence-electron chi connectivity index (χ0n) is 10.7. The Labute approximate surface area is 103 Å². The first kappa shape index (κ1) is 12.5. The zero-order valence-corrected chi connectivity index (χ0v) is 10.7. The van der Waals surface area contributed by atoms with Crippen LogP contribution in [0.4, 0.5) is 4.39 Å². The van der Waals surface area contributed by atoms with Gasteiger partial charge in [-0.3, -0.25) is 0 Å². The molecule has 1 aliphatic rings. The largest absolute Gasteiger partial charge is 0.313 e. The maximum atomic E-state index is 13.1. The van der Waals surface area contributed by atoms with Crippen LogP contribution in [0, 0.1) is 12.7 Å². The van der Waals surface area contributed by atoms with Gasteiger partial charge in [-0.05, 0) is 44.0 Å². The van der Waals surface area contributed by atoms with Gasteiger partial charge in [-0.2, -0.15) is 0 Å². The minimum absolute atomic E-state index is 0.119. The Balaban J connectivity index is 1.75. The maximum Gasteiger partial charge on any atom is 0.126 e. The number of hydrogen-bond acceptors (Lipinski definition) is 2. The average molecular weight is 236 g/mol. The molecule has 1 aliphatic carbocycles. The van der Waals surface area contributed by atoms with Crippen LogP contribution in [-0.4, -0.2) is 31.1 Å². The summed E-state index contributed by atoms with van der Waals surface area (Å²) in [6.45, 7) is 4.77. The van der Waals surface area contributed by atoms with Crippen molar-refractivity contribution in [2.24, 2.45) is 0 Å². The Morgan fingerprint density at radius 3 is 2.82 bits per heavy atom. The first-order valence-electron chi connectivity index (χ1n) is 6.32. The van der Waals surface area contributed by atoms with Crippen LogP contribution in [0.15, 0.2) is 18.2 Å². The van der Waals surface area contributed by atoms with E-state index in [1.165, 1.54) is 18.4 Å². The fourth-order valence-electron chi connectivity index (χ4n) is 1.94. The number of aryl methyl sites for hydroxylation is 1. The molecule has 0 atom stereocenters. The SMILES string of the molecule is Cc1cc(CN(C)CCNC2CC2)ccc1F. The average Bonchev–Trinajstić information content (AvgIpc) is 3.07. The Hall–Kier alpha value is -0.930. The zero-order chi connectivity index (χ0) is 12.3. The third-order valence-electron chi connectivity index (χ3n) is 3.18. The first-order valence-corrected chi connectivity index (χ1v) is 6.32. The predicted molar refractivity (Wildman–Crippen MR) is 68.5 cm³/mol. The highest BCUT2D eigenvalue weighted by molar-refractivity contribution is 5.23. The Kier molecular flexibility index (Phi) is 4.13. The van der Waals surface area contributed by atoms with Gasteiger partial charge in [0.1, 0.15) is 5.82 Å². The van der Waals surface area contributed by atoms with Crippen LogP contribution in [0.5, 0.6) is 0 Å². The monoisotopic (exact) mass is 236 g/mol. The van der Waals surface area contributed by atoms with Gasteiger partial charge in [0.25, 0.3) is 0 Å². The van der Waals surface area contributed by atoms with Gasteiger partial charge in [-0.1, -0.05) is 12.1 Å². The molecule has 1 fully saturated rings. The van der Waals surface area contributed by atoms with E-state index in [1.807, 2.05) is 19.1 Å². The molecule has 1 N–H and O–H groups in total. The summed E-state index contributed by atoms with van der Waals surface area (Å²) in [5.74, 6) is -0.119. The molecule has 0 heterocycles. The molecular formula is C14H21FN2. The van der Waals surface area contributed by atoms with Crippen molar-refractivity contribution < 1.29 is 4.39 Å². The number of nitrogens with one attached hydrogen (secondary N) is 1. The quantitative estimate of drug-likeness (QED) is 0.815. The molecule has 0 bridgehead atoms. The molecular weight excluding hydrogens is 215 g/mol. The van der Waals surface area contributed by atoms with Gasteiger partial charge in [0, 0.05) is 25.7 Å². The van der Waals surface area contributed by atoms with Crippen molar-refractivity contribution in [3.8, 4) is 0 Å². The Morgan fingerprint density at radius 1 is 1.41 bits per heavy atom. The summed E-state index contributed by atoms with van der Waals surface area (Å²) in [7, 11) is 2.10. The van der Waals surface area contributed by atoms with Crippen molar-refractivity contribution in [2.75, 3.05) is 20.1 Å². The number of nitrogens with zero attached hydrogens (tertiary/aromatic N) is 1. The molecule has 1 aromatic carbocycles. The van der Waals surface area contributed by atoms with E-state index in [-0.39, 0.29) is 5.82 Å². The Bertz CT molecular complexity index is 374. The van der Waals surface area contributed by atoms with Crippen molar-refractivity contribution in [3.05, 3.63) is 35.1 Å². The topological polar surface area (TPSA) is 15.3 Å². The first-order chi connectivity index (χ1) is 8.15. The lowest BCUT2D eigenvalue weighted by atomic mass is 10.1. The molecule has 3 heteroatoms. The summed E-state index contributed by atoms with van der Waals surface area (Å²) in [5, 5.41) is 3.49. The molecule has 2 nitrogen and oxygen atoms in total. The van der Waals surface area contributed by atoms with E-state index in [2.05, 4.69) is 17.3 Å². The molecule has 0 spiro atoms. The van der Waals surface area contributed by atoms with Crippen molar-refractivity contribution in [2.45, 2.75) is 32.4 Å². The number of hydrogen-bond donors (Lipinski definition) is 1. The van der Waals surface area contributed by atoms with E-state index < -0.39 is 0 Å². The van der Waals surface area contributed by atoms with E-state index in [9.17, 15) is 4.39 Å². The van der Waals surface area contributed by atoms with E-state index in [0.29, 0.717) is 0 Å².